The average Bonchev–Trinajstić information content (AvgIpc) is 3.16. The predicted molar refractivity (Wildman–Crippen MR) is 81.5 cm³/mol. The van der Waals surface area contributed by atoms with Gasteiger partial charge in [0.1, 0.15) is 24.0 Å². The van der Waals surface area contributed by atoms with Crippen LogP contribution in [0, 0.1) is 5.41 Å². The third-order valence-electron chi connectivity index (χ3n) is 5.30. The first-order valence-corrected chi connectivity index (χ1v) is 7.78. The highest BCUT2D eigenvalue weighted by atomic mass is 16.6. The molecule has 3 heterocycles. The van der Waals surface area contributed by atoms with E-state index in [1.54, 1.807) is 19.1 Å². The number of allylic oxidation sites excluding steroid dienone is 2. The predicted octanol–water partition coefficient (Wildman–Crippen LogP) is 2.20. The van der Waals surface area contributed by atoms with Gasteiger partial charge in [-0.15, -0.1) is 0 Å². The molecule has 2 atom stereocenters. The molecule has 0 aromatic carbocycles. The number of Topliss-reactive ketones (excluding diaryl/α,β-unsaturated/α-hetero) is 2. The molecule has 0 amide bonds. The summed E-state index contributed by atoms with van der Waals surface area (Å²) in [6.45, 7) is 3.07. The van der Waals surface area contributed by atoms with Gasteiger partial charge in [0.2, 0.25) is 0 Å². The largest absolute Gasteiger partial charge is 0.477 e. The zero-order chi connectivity index (χ0) is 17.1. The maximum absolute atomic E-state index is 12.6. The first kappa shape index (κ1) is 14.9. The Morgan fingerprint density at radius 2 is 2.08 bits per heavy atom. The van der Waals surface area contributed by atoms with Crippen LogP contribution in [0.15, 0.2) is 40.2 Å². The van der Waals surface area contributed by atoms with E-state index in [-0.39, 0.29) is 35.7 Å². The van der Waals surface area contributed by atoms with Crippen molar-refractivity contribution in [3.63, 3.8) is 0 Å². The number of hydrogen-bond donors (Lipinski definition) is 0. The molecule has 1 aromatic rings. The molecule has 1 spiro atoms. The minimum Gasteiger partial charge on any atom is -0.477 e. The van der Waals surface area contributed by atoms with Crippen LogP contribution in [0.3, 0.4) is 0 Å². The number of ether oxygens (including phenoxy) is 2. The number of cyclic esters (lactones) is 1. The topological polar surface area (TPSA) is 82.8 Å². The fourth-order valence-corrected chi connectivity index (χ4v) is 3.82. The summed E-state index contributed by atoms with van der Waals surface area (Å²) in [6, 6.07) is 1.70. The van der Waals surface area contributed by atoms with Crippen molar-refractivity contribution in [1.29, 1.82) is 0 Å². The summed E-state index contributed by atoms with van der Waals surface area (Å²) in [5, 5.41) is 0. The van der Waals surface area contributed by atoms with E-state index in [9.17, 15) is 14.4 Å². The molecule has 1 aromatic heterocycles. The average molecular weight is 328 g/mol. The van der Waals surface area contributed by atoms with Gasteiger partial charge in [-0.2, -0.15) is 0 Å². The Labute approximate surface area is 138 Å². The minimum atomic E-state index is -1.26. The van der Waals surface area contributed by atoms with Crippen LogP contribution in [0.2, 0.25) is 0 Å². The number of furan rings is 1. The molecule has 124 valence electrons. The molecule has 1 saturated carbocycles. The standard InChI is InChI=1S/C18H16O6/c1-10(19)12-7-14(11-4-6-22-8-11)24-18-9-23-16(21)17(18,2)5-3-13(20)15(12)18/h4,6-8H,3,5,9H2,1-2H3/t17-,18+/m1/s1. The Bertz CT molecular complexity index is 828. The Hall–Kier alpha value is -2.63. The van der Waals surface area contributed by atoms with E-state index in [1.807, 2.05) is 0 Å². The number of carbonyl (C=O) groups excluding carboxylic acids is 3. The van der Waals surface area contributed by atoms with Gasteiger partial charge in [-0.3, -0.25) is 14.4 Å². The molecular weight excluding hydrogens is 312 g/mol. The van der Waals surface area contributed by atoms with Crippen molar-refractivity contribution in [1.82, 2.24) is 0 Å². The van der Waals surface area contributed by atoms with Gasteiger partial charge in [0.25, 0.3) is 0 Å². The third-order valence-corrected chi connectivity index (χ3v) is 5.30. The number of carbonyl (C=O) groups is 3. The van der Waals surface area contributed by atoms with Crippen LogP contribution in [-0.4, -0.2) is 29.7 Å². The van der Waals surface area contributed by atoms with E-state index < -0.39 is 17.0 Å². The molecule has 0 radical (unpaired) electrons. The van der Waals surface area contributed by atoms with Crippen molar-refractivity contribution >= 4 is 23.3 Å². The van der Waals surface area contributed by atoms with Crippen LogP contribution in [0.25, 0.3) is 5.76 Å². The van der Waals surface area contributed by atoms with Gasteiger partial charge in [-0.25, -0.2) is 0 Å². The zero-order valence-electron chi connectivity index (χ0n) is 13.4. The normalized spacial score (nSPS) is 31.8. The van der Waals surface area contributed by atoms with Gasteiger partial charge in [-0.05, 0) is 32.4 Å². The zero-order valence-corrected chi connectivity index (χ0v) is 13.4. The quantitative estimate of drug-likeness (QED) is 0.774. The number of rotatable bonds is 2. The minimum absolute atomic E-state index is 0.0740. The summed E-state index contributed by atoms with van der Waals surface area (Å²) >= 11 is 0. The van der Waals surface area contributed by atoms with E-state index in [0.717, 1.165) is 0 Å². The molecule has 6 heteroatoms. The highest BCUT2D eigenvalue weighted by molar-refractivity contribution is 6.12. The first-order valence-electron chi connectivity index (χ1n) is 7.78. The monoisotopic (exact) mass is 328 g/mol. The second kappa shape index (κ2) is 4.69. The second-order valence-corrected chi connectivity index (χ2v) is 6.63. The maximum atomic E-state index is 12.6. The van der Waals surface area contributed by atoms with E-state index in [2.05, 4.69) is 0 Å². The van der Waals surface area contributed by atoms with Crippen molar-refractivity contribution < 1.29 is 28.3 Å². The summed E-state index contributed by atoms with van der Waals surface area (Å²) in [7, 11) is 0. The lowest BCUT2D eigenvalue weighted by atomic mass is 9.61. The van der Waals surface area contributed by atoms with Crippen molar-refractivity contribution in [2.45, 2.75) is 32.3 Å². The molecule has 4 rings (SSSR count). The summed E-state index contributed by atoms with van der Waals surface area (Å²) in [4.78, 5) is 37.2. The molecule has 2 fully saturated rings. The van der Waals surface area contributed by atoms with Crippen LogP contribution in [-0.2, 0) is 23.9 Å². The summed E-state index contributed by atoms with van der Waals surface area (Å²) in [5.74, 6) is -0.412. The van der Waals surface area contributed by atoms with Crippen LogP contribution < -0.4 is 0 Å². The van der Waals surface area contributed by atoms with Gasteiger partial charge >= 0.3 is 5.97 Å². The van der Waals surface area contributed by atoms with Crippen LogP contribution in [0.4, 0.5) is 0 Å². The third kappa shape index (κ3) is 1.68. The Balaban J connectivity index is 2.00. The van der Waals surface area contributed by atoms with E-state index in [4.69, 9.17) is 13.9 Å². The van der Waals surface area contributed by atoms with Gasteiger partial charge in [-0.1, -0.05) is 0 Å². The van der Waals surface area contributed by atoms with Crippen molar-refractivity contribution in [2.75, 3.05) is 6.61 Å². The van der Waals surface area contributed by atoms with Crippen LogP contribution in [0.5, 0.6) is 0 Å². The number of ketones is 2. The molecular formula is C18H16O6. The van der Waals surface area contributed by atoms with Gasteiger partial charge in [0, 0.05) is 12.0 Å². The molecule has 3 aliphatic rings. The molecule has 0 N–H and O–H groups in total. The molecule has 24 heavy (non-hydrogen) atoms. The van der Waals surface area contributed by atoms with Gasteiger partial charge in [0.05, 0.1) is 17.4 Å². The molecule has 1 aliphatic carbocycles. The van der Waals surface area contributed by atoms with Crippen LogP contribution in [0.1, 0.15) is 32.3 Å². The lowest BCUT2D eigenvalue weighted by Gasteiger charge is -2.46. The van der Waals surface area contributed by atoms with Gasteiger partial charge in [0.15, 0.2) is 17.2 Å². The van der Waals surface area contributed by atoms with Crippen molar-refractivity contribution in [3.05, 3.63) is 41.4 Å². The Morgan fingerprint density at radius 1 is 1.29 bits per heavy atom. The SMILES string of the molecule is CC(=O)C1=C2C(=O)CC[C@]3(C)C(=O)OC[C@]23OC(c2ccoc2)=C1. The van der Waals surface area contributed by atoms with Crippen molar-refractivity contribution in [3.8, 4) is 0 Å². The molecule has 6 nitrogen and oxygen atoms in total. The number of esters is 1. The molecule has 0 bridgehead atoms. The Kier molecular flexibility index (Phi) is 2.92. The smallest absolute Gasteiger partial charge is 0.316 e. The maximum Gasteiger partial charge on any atom is 0.316 e. The summed E-state index contributed by atoms with van der Waals surface area (Å²) in [5.41, 5.74) is -1.07. The molecule has 1 saturated heterocycles. The second-order valence-electron chi connectivity index (χ2n) is 6.63. The van der Waals surface area contributed by atoms with E-state index >= 15 is 0 Å². The highest BCUT2D eigenvalue weighted by Gasteiger charge is 2.68. The fourth-order valence-electron chi connectivity index (χ4n) is 3.82. The lowest BCUT2D eigenvalue weighted by Crippen LogP contribution is -2.57. The summed E-state index contributed by atoms with van der Waals surface area (Å²) in [6.07, 6.45) is 5.06. The molecule has 0 unspecified atom stereocenters. The first-order chi connectivity index (χ1) is 11.4. The van der Waals surface area contributed by atoms with Crippen LogP contribution >= 0.6 is 0 Å². The van der Waals surface area contributed by atoms with Crippen molar-refractivity contribution in [2.24, 2.45) is 5.41 Å². The van der Waals surface area contributed by atoms with E-state index in [0.29, 0.717) is 17.7 Å². The summed E-state index contributed by atoms with van der Waals surface area (Å²) < 4.78 is 16.6. The van der Waals surface area contributed by atoms with E-state index in [1.165, 1.54) is 19.5 Å². The molecule has 2 aliphatic heterocycles. The fraction of sp³-hybridized carbons (Fsp3) is 0.389. The highest BCUT2D eigenvalue weighted by Crippen LogP contribution is 2.57. The lowest BCUT2D eigenvalue weighted by molar-refractivity contribution is -0.149. The van der Waals surface area contributed by atoms with Gasteiger partial charge < -0.3 is 13.9 Å². The Morgan fingerprint density at radius 3 is 2.75 bits per heavy atom. The number of hydrogen-bond acceptors (Lipinski definition) is 6.